The third kappa shape index (κ3) is 3.74. The summed E-state index contributed by atoms with van der Waals surface area (Å²) in [6.45, 7) is 2.57. The quantitative estimate of drug-likeness (QED) is 0.827. The van der Waals surface area contributed by atoms with Gasteiger partial charge in [0.25, 0.3) is 5.56 Å². The molecule has 2 aromatic rings. The third-order valence-corrected chi connectivity index (χ3v) is 4.47. The van der Waals surface area contributed by atoms with Gasteiger partial charge in [-0.2, -0.15) is 5.10 Å². The van der Waals surface area contributed by atoms with Gasteiger partial charge in [-0.25, -0.2) is 0 Å². The molecule has 2 aromatic heterocycles. The van der Waals surface area contributed by atoms with Crippen LogP contribution in [0, 0.1) is 6.92 Å². The van der Waals surface area contributed by atoms with Gasteiger partial charge >= 0.3 is 0 Å². The number of nitrogens with zero attached hydrogens (tertiary/aromatic N) is 3. The highest BCUT2D eigenvalue weighted by Gasteiger charge is 2.32. The Labute approximate surface area is 145 Å². The van der Waals surface area contributed by atoms with Gasteiger partial charge < -0.3 is 19.7 Å². The maximum atomic E-state index is 12.3. The highest BCUT2D eigenvalue weighted by molar-refractivity contribution is 5.76. The molecule has 134 valence electrons. The van der Waals surface area contributed by atoms with Gasteiger partial charge in [0.05, 0.1) is 11.7 Å². The molecule has 0 unspecified atom stereocenters. The van der Waals surface area contributed by atoms with Crippen molar-refractivity contribution >= 4 is 5.91 Å². The Morgan fingerprint density at radius 3 is 2.96 bits per heavy atom. The summed E-state index contributed by atoms with van der Waals surface area (Å²) < 4.78 is 8.97. The van der Waals surface area contributed by atoms with Crippen molar-refractivity contribution in [1.29, 1.82) is 0 Å². The van der Waals surface area contributed by atoms with Crippen LogP contribution in [0.3, 0.4) is 0 Å². The van der Waals surface area contributed by atoms with Crippen LogP contribution < -0.4 is 10.9 Å². The molecule has 0 aromatic carbocycles. The SMILES string of the molecule is Cc1cc(O)cc(=O)n1CCC(=O)N[C@H]1CCO[C@@H]1c1ccnn1C. The van der Waals surface area contributed by atoms with Crippen molar-refractivity contribution in [1.82, 2.24) is 19.7 Å². The lowest BCUT2D eigenvalue weighted by Crippen LogP contribution is -2.38. The van der Waals surface area contributed by atoms with Crippen molar-refractivity contribution in [3.8, 4) is 5.75 Å². The van der Waals surface area contributed by atoms with E-state index in [2.05, 4.69) is 10.4 Å². The lowest BCUT2D eigenvalue weighted by Gasteiger charge is -2.20. The molecular weight excluding hydrogens is 324 g/mol. The molecule has 1 fully saturated rings. The topological polar surface area (TPSA) is 98.4 Å². The van der Waals surface area contributed by atoms with E-state index in [0.717, 1.165) is 18.2 Å². The van der Waals surface area contributed by atoms with Gasteiger partial charge in [0.2, 0.25) is 5.91 Å². The average Bonchev–Trinajstić information content (AvgIpc) is 3.14. The van der Waals surface area contributed by atoms with Crippen LogP contribution in [0.1, 0.15) is 30.3 Å². The Hall–Kier alpha value is -2.61. The Kier molecular flexibility index (Phi) is 4.89. The molecular formula is C17H22N4O4. The number of nitrogens with one attached hydrogen (secondary N) is 1. The fourth-order valence-corrected chi connectivity index (χ4v) is 3.18. The first kappa shape index (κ1) is 17.2. The van der Waals surface area contributed by atoms with Gasteiger partial charge in [-0.05, 0) is 25.5 Å². The zero-order chi connectivity index (χ0) is 18.0. The summed E-state index contributed by atoms with van der Waals surface area (Å²) in [4.78, 5) is 24.2. The molecule has 1 saturated heterocycles. The number of aromatic hydroxyl groups is 1. The lowest BCUT2D eigenvalue weighted by atomic mass is 10.1. The number of hydrogen-bond donors (Lipinski definition) is 2. The smallest absolute Gasteiger partial charge is 0.254 e. The van der Waals surface area contributed by atoms with E-state index >= 15 is 0 Å². The standard InChI is InChI=1S/C17H22N4O4/c1-11-9-12(22)10-16(24)21(11)7-4-15(23)19-13-5-8-25-17(13)14-3-6-18-20(14)2/h3,6,9-10,13,17,22H,4-5,7-8H2,1-2H3,(H,19,23)/t13-,17-/m0/s1. The van der Waals surface area contributed by atoms with E-state index in [1.807, 2.05) is 13.1 Å². The minimum atomic E-state index is -0.317. The number of carbonyl (C=O) groups excluding carboxylic acids is 1. The average molecular weight is 346 g/mol. The number of ether oxygens (including phenoxy) is 1. The summed E-state index contributed by atoms with van der Waals surface area (Å²) in [6.07, 6.45) is 2.41. The van der Waals surface area contributed by atoms with Crippen LogP contribution in [-0.2, 0) is 23.1 Å². The van der Waals surface area contributed by atoms with Gasteiger partial charge in [0, 0.05) is 44.6 Å². The van der Waals surface area contributed by atoms with Crippen LogP contribution in [0.4, 0.5) is 0 Å². The predicted octanol–water partition coefficient (Wildman–Crippen LogP) is 0.632. The molecule has 0 radical (unpaired) electrons. The summed E-state index contributed by atoms with van der Waals surface area (Å²) in [5.74, 6) is -0.202. The number of aromatic nitrogens is 3. The second kappa shape index (κ2) is 7.10. The highest BCUT2D eigenvalue weighted by Crippen LogP contribution is 2.28. The maximum Gasteiger partial charge on any atom is 0.254 e. The minimum absolute atomic E-state index is 0.0645. The van der Waals surface area contributed by atoms with Crippen LogP contribution in [0.25, 0.3) is 0 Å². The normalized spacial score (nSPS) is 19.9. The van der Waals surface area contributed by atoms with E-state index in [1.165, 1.54) is 10.6 Å². The molecule has 8 nitrogen and oxygen atoms in total. The molecule has 2 atom stereocenters. The molecule has 3 rings (SSSR count). The number of hydrogen-bond acceptors (Lipinski definition) is 5. The third-order valence-electron chi connectivity index (χ3n) is 4.47. The monoisotopic (exact) mass is 346 g/mol. The van der Waals surface area contributed by atoms with Gasteiger partial charge in [-0.1, -0.05) is 0 Å². The fraction of sp³-hybridized carbons (Fsp3) is 0.471. The largest absolute Gasteiger partial charge is 0.508 e. The molecule has 8 heteroatoms. The molecule has 0 saturated carbocycles. The summed E-state index contributed by atoms with van der Waals surface area (Å²) >= 11 is 0. The van der Waals surface area contributed by atoms with Crippen LogP contribution in [0.5, 0.6) is 5.75 Å². The number of amides is 1. The second-order valence-corrected chi connectivity index (χ2v) is 6.23. The molecule has 3 heterocycles. The summed E-state index contributed by atoms with van der Waals surface area (Å²) in [5.41, 5.74) is 1.23. The van der Waals surface area contributed by atoms with Crippen LogP contribution in [0.15, 0.2) is 29.2 Å². The van der Waals surface area contributed by atoms with Crippen molar-refractivity contribution < 1.29 is 14.6 Å². The Morgan fingerprint density at radius 1 is 1.48 bits per heavy atom. The summed E-state index contributed by atoms with van der Waals surface area (Å²) in [7, 11) is 1.84. The molecule has 0 aliphatic carbocycles. The van der Waals surface area contributed by atoms with Crippen molar-refractivity contribution in [2.24, 2.45) is 7.05 Å². The van der Waals surface area contributed by atoms with Crippen molar-refractivity contribution in [2.75, 3.05) is 6.61 Å². The van der Waals surface area contributed by atoms with Crippen molar-refractivity contribution in [3.63, 3.8) is 0 Å². The molecule has 25 heavy (non-hydrogen) atoms. The molecule has 1 aliphatic rings. The molecule has 0 spiro atoms. The van der Waals surface area contributed by atoms with Crippen molar-refractivity contribution in [3.05, 3.63) is 46.1 Å². The van der Waals surface area contributed by atoms with E-state index in [-0.39, 0.29) is 42.3 Å². The van der Waals surface area contributed by atoms with Gasteiger partial charge in [-0.3, -0.25) is 14.3 Å². The van der Waals surface area contributed by atoms with E-state index in [1.54, 1.807) is 17.8 Å². The van der Waals surface area contributed by atoms with Crippen molar-refractivity contribution in [2.45, 2.75) is 38.5 Å². The first-order chi connectivity index (χ1) is 12.0. The number of carbonyl (C=O) groups is 1. The zero-order valence-corrected chi connectivity index (χ0v) is 14.3. The predicted molar refractivity (Wildman–Crippen MR) is 90.2 cm³/mol. The minimum Gasteiger partial charge on any atom is -0.508 e. The summed E-state index contributed by atoms with van der Waals surface area (Å²) in [6, 6.07) is 4.42. The van der Waals surface area contributed by atoms with Crippen LogP contribution >= 0.6 is 0 Å². The number of rotatable bonds is 5. The lowest BCUT2D eigenvalue weighted by molar-refractivity contribution is -0.122. The molecule has 2 N–H and O–H groups in total. The number of aryl methyl sites for hydroxylation is 2. The van der Waals surface area contributed by atoms with Gasteiger partial charge in [-0.15, -0.1) is 0 Å². The molecule has 0 bridgehead atoms. The Bertz CT molecular complexity index is 826. The van der Waals surface area contributed by atoms with E-state index in [4.69, 9.17) is 4.74 Å². The number of pyridine rings is 1. The van der Waals surface area contributed by atoms with Crippen LogP contribution in [0.2, 0.25) is 0 Å². The first-order valence-electron chi connectivity index (χ1n) is 8.25. The Balaban J connectivity index is 1.61. The zero-order valence-electron chi connectivity index (χ0n) is 14.3. The second-order valence-electron chi connectivity index (χ2n) is 6.23. The van der Waals surface area contributed by atoms with Gasteiger partial charge in [0.1, 0.15) is 11.9 Å². The van der Waals surface area contributed by atoms with Crippen LogP contribution in [-0.4, -0.2) is 38.0 Å². The fourth-order valence-electron chi connectivity index (χ4n) is 3.18. The summed E-state index contributed by atoms with van der Waals surface area (Å²) in [5, 5.41) is 16.6. The van der Waals surface area contributed by atoms with E-state index < -0.39 is 0 Å². The highest BCUT2D eigenvalue weighted by atomic mass is 16.5. The van der Waals surface area contributed by atoms with Gasteiger partial charge in [0.15, 0.2) is 0 Å². The molecule has 1 amide bonds. The van der Waals surface area contributed by atoms with E-state index in [0.29, 0.717) is 12.3 Å². The maximum absolute atomic E-state index is 12.3. The molecule has 1 aliphatic heterocycles. The van der Waals surface area contributed by atoms with E-state index in [9.17, 15) is 14.7 Å². The Morgan fingerprint density at radius 2 is 2.28 bits per heavy atom. The first-order valence-corrected chi connectivity index (χ1v) is 8.25.